The van der Waals surface area contributed by atoms with E-state index in [0.29, 0.717) is 11.6 Å². The molecule has 0 amide bonds. The van der Waals surface area contributed by atoms with Crippen LogP contribution in [0.25, 0.3) is 0 Å². The van der Waals surface area contributed by atoms with E-state index in [-0.39, 0.29) is 10.8 Å². The van der Waals surface area contributed by atoms with E-state index in [2.05, 4.69) is 57.6 Å². The summed E-state index contributed by atoms with van der Waals surface area (Å²) in [6, 6.07) is 9.70. The maximum absolute atomic E-state index is 10.7. The van der Waals surface area contributed by atoms with Crippen molar-refractivity contribution in [3.05, 3.63) is 53.2 Å². The van der Waals surface area contributed by atoms with Crippen LogP contribution in [-0.4, -0.2) is 16.3 Å². The average molecular weight is 310 g/mol. The Morgan fingerprint density at radius 2 is 1.70 bits per heavy atom. The van der Waals surface area contributed by atoms with Gasteiger partial charge in [0.1, 0.15) is 5.75 Å². The molecule has 1 heterocycles. The van der Waals surface area contributed by atoms with Crippen LogP contribution in [0, 0.1) is 0 Å². The second kappa shape index (κ2) is 6.15. The van der Waals surface area contributed by atoms with E-state index in [0.717, 1.165) is 11.1 Å². The molecule has 0 aliphatic carbocycles. The molecule has 0 spiro atoms. The highest BCUT2D eigenvalue weighted by Gasteiger charge is 2.24. The summed E-state index contributed by atoms with van der Waals surface area (Å²) in [6.07, 6.45) is 3.40. The lowest BCUT2D eigenvalue weighted by molar-refractivity contribution is 0.444. The van der Waals surface area contributed by atoms with Crippen molar-refractivity contribution in [1.82, 2.24) is 4.98 Å². The number of phenolic OH excluding ortho intramolecular Hbond substituents is 1. The van der Waals surface area contributed by atoms with Crippen molar-refractivity contribution in [2.24, 2.45) is 4.99 Å². The standard InChI is InChI=1S/C20H26N2O/c1-19(2,3)15-11-14(13-22-17-9-7-8-10-21-17)18(23)16(12-15)20(4,5)6/h7-13,23H,1-6H3/b22-13+. The molecule has 1 N–H and O–H groups in total. The molecular formula is C20H26N2O. The Morgan fingerprint density at radius 1 is 1.00 bits per heavy atom. The van der Waals surface area contributed by atoms with E-state index in [1.807, 2.05) is 24.3 Å². The molecule has 1 aromatic heterocycles. The van der Waals surface area contributed by atoms with Crippen molar-refractivity contribution >= 4 is 12.0 Å². The van der Waals surface area contributed by atoms with Gasteiger partial charge in [-0.25, -0.2) is 9.98 Å². The molecule has 122 valence electrons. The van der Waals surface area contributed by atoms with Gasteiger partial charge in [-0.15, -0.1) is 0 Å². The zero-order chi connectivity index (χ0) is 17.3. The summed E-state index contributed by atoms with van der Waals surface area (Å²) in [5.41, 5.74) is 2.71. The van der Waals surface area contributed by atoms with Crippen LogP contribution in [0.4, 0.5) is 5.82 Å². The quantitative estimate of drug-likeness (QED) is 0.781. The average Bonchev–Trinajstić information content (AvgIpc) is 2.44. The Labute approximate surface area is 139 Å². The van der Waals surface area contributed by atoms with Gasteiger partial charge in [0, 0.05) is 23.5 Å². The molecule has 0 unspecified atom stereocenters. The van der Waals surface area contributed by atoms with Crippen molar-refractivity contribution in [2.75, 3.05) is 0 Å². The van der Waals surface area contributed by atoms with Crippen molar-refractivity contribution in [1.29, 1.82) is 0 Å². The van der Waals surface area contributed by atoms with Crippen LogP contribution in [0.5, 0.6) is 5.75 Å². The molecule has 3 nitrogen and oxygen atoms in total. The molecule has 0 saturated carbocycles. The maximum Gasteiger partial charge on any atom is 0.151 e. The van der Waals surface area contributed by atoms with Gasteiger partial charge in [0.15, 0.2) is 5.82 Å². The number of aromatic hydroxyl groups is 1. The van der Waals surface area contributed by atoms with Gasteiger partial charge in [-0.1, -0.05) is 53.7 Å². The summed E-state index contributed by atoms with van der Waals surface area (Å²) in [6.45, 7) is 12.8. The van der Waals surface area contributed by atoms with Gasteiger partial charge in [0.25, 0.3) is 0 Å². The highest BCUT2D eigenvalue weighted by atomic mass is 16.3. The van der Waals surface area contributed by atoms with E-state index >= 15 is 0 Å². The zero-order valence-electron chi connectivity index (χ0n) is 14.9. The van der Waals surface area contributed by atoms with Crippen LogP contribution in [0.2, 0.25) is 0 Å². The number of hydrogen-bond acceptors (Lipinski definition) is 3. The first kappa shape index (κ1) is 17.2. The van der Waals surface area contributed by atoms with Crippen LogP contribution >= 0.6 is 0 Å². The van der Waals surface area contributed by atoms with Crippen LogP contribution < -0.4 is 0 Å². The molecular weight excluding hydrogens is 284 g/mol. The third kappa shape index (κ3) is 4.19. The Bertz CT molecular complexity index is 705. The highest BCUT2D eigenvalue weighted by Crippen LogP contribution is 2.37. The third-order valence-electron chi connectivity index (χ3n) is 3.80. The molecule has 0 saturated heterocycles. The molecule has 0 aliphatic rings. The summed E-state index contributed by atoms with van der Waals surface area (Å²) in [4.78, 5) is 8.57. The molecule has 2 aromatic rings. The van der Waals surface area contributed by atoms with Crippen molar-refractivity contribution in [2.45, 2.75) is 52.4 Å². The fourth-order valence-corrected chi connectivity index (χ4v) is 2.33. The van der Waals surface area contributed by atoms with Gasteiger partial charge in [0.05, 0.1) is 0 Å². The first-order valence-electron chi connectivity index (χ1n) is 7.92. The van der Waals surface area contributed by atoms with Crippen LogP contribution in [-0.2, 0) is 10.8 Å². The molecule has 3 heteroatoms. The Balaban J connectivity index is 2.56. The van der Waals surface area contributed by atoms with Gasteiger partial charge in [-0.2, -0.15) is 0 Å². The van der Waals surface area contributed by atoms with Gasteiger partial charge in [-0.05, 0) is 34.6 Å². The normalized spacial score (nSPS) is 12.8. The fourth-order valence-electron chi connectivity index (χ4n) is 2.33. The number of aliphatic imine (C=N–C) groups is 1. The Kier molecular flexibility index (Phi) is 4.60. The molecule has 0 fully saturated rings. The lowest BCUT2D eigenvalue weighted by atomic mass is 9.79. The molecule has 1 aromatic carbocycles. The number of hydrogen-bond donors (Lipinski definition) is 1. The molecule has 0 bridgehead atoms. The molecule has 2 rings (SSSR count). The van der Waals surface area contributed by atoms with E-state index < -0.39 is 0 Å². The van der Waals surface area contributed by atoms with Crippen LogP contribution in [0.15, 0.2) is 41.5 Å². The van der Waals surface area contributed by atoms with Crippen molar-refractivity contribution in [3.63, 3.8) is 0 Å². The summed E-state index contributed by atoms with van der Waals surface area (Å²) in [5.74, 6) is 0.926. The lowest BCUT2D eigenvalue weighted by Gasteiger charge is -2.26. The monoisotopic (exact) mass is 310 g/mol. The van der Waals surface area contributed by atoms with Gasteiger partial charge in [0.2, 0.25) is 0 Å². The van der Waals surface area contributed by atoms with Gasteiger partial charge in [-0.3, -0.25) is 0 Å². The fraction of sp³-hybridized carbons (Fsp3) is 0.400. The van der Waals surface area contributed by atoms with Crippen molar-refractivity contribution < 1.29 is 5.11 Å². The summed E-state index contributed by atoms with van der Waals surface area (Å²) < 4.78 is 0. The number of phenols is 1. The van der Waals surface area contributed by atoms with E-state index in [4.69, 9.17) is 0 Å². The lowest BCUT2D eigenvalue weighted by Crippen LogP contribution is -2.17. The predicted molar refractivity (Wildman–Crippen MR) is 97.0 cm³/mol. The predicted octanol–water partition coefficient (Wildman–Crippen LogP) is 5.13. The SMILES string of the molecule is CC(C)(C)c1cc(/C=N/c2ccccn2)c(O)c(C(C)(C)C)c1. The first-order valence-corrected chi connectivity index (χ1v) is 7.92. The molecule has 23 heavy (non-hydrogen) atoms. The molecule has 0 aliphatic heterocycles. The van der Waals surface area contributed by atoms with Gasteiger partial charge < -0.3 is 5.11 Å². The second-order valence-electron chi connectivity index (χ2n) is 7.91. The van der Waals surface area contributed by atoms with E-state index in [1.54, 1.807) is 12.4 Å². The molecule has 0 atom stereocenters. The maximum atomic E-state index is 10.7. The van der Waals surface area contributed by atoms with E-state index in [1.165, 1.54) is 5.56 Å². The van der Waals surface area contributed by atoms with E-state index in [9.17, 15) is 5.11 Å². The highest BCUT2D eigenvalue weighted by molar-refractivity contribution is 5.86. The largest absolute Gasteiger partial charge is 0.507 e. The molecule has 0 radical (unpaired) electrons. The number of pyridine rings is 1. The van der Waals surface area contributed by atoms with Crippen molar-refractivity contribution in [3.8, 4) is 5.75 Å². The Hall–Kier alpha value is -2.16. The van der Waals surface area contributed by atoms with Crippen LogP contribution in [0.1, 0.15) is 58.2 Å². The summed E-state index contributed by atoms with van der Waals surface area (Å²) in [5, 5.41) is 10.7. The van der Waals surface area contributed by atoms with Crippen LogP contribution in [0.3, 0.4) is 0 Å². The third-order valence-corrected chi connectivity index (χ3v) is 3.80. The minimum Gasteiger partial charge on any atom is -0.507 e. The summed E-state index contributed by atoms with van der Waals surface area (Å²) in [7, 11) is 0. The number of benzene rings is 1. The number of rotatable bonds is 2. The topological polar surface area (TPSA) is 45.5 Å². The zero-order valence-corrected chi connectivity index (χ0v) is 14.9. The minimum absolute atomic E-state index is 0.00128. The number of nitrogens with zero attached hydrogens (tertiary/aromatic N) is 2. The van der Waals surface area contributed by atoms with Gasteiger partial charge >= 0.3 is 0 Å². The minimum atomic E-state index is -0.140. The summed E-state index contributed by atoms with van der Waals surface area (Å²) >= 11 is 0. The smallest absolute Gasteiger partial charge is 0.151 e. The Morgan fingerprint density at radius 3 is 2.22 bits per heavy atom. The second-order valence-corrected chi connectivity index (χ2v) is 7.91. The first-order chi connectivity index (χ1) is 10.6. The number of aromatic nitrogens is 1.